The molecule has 1 atom stereocenters. The van der Waals surface area contributed by atoms with Crippen LogP contribution in [0.1, 0.15) is 20.8 Å². The second-order valence-corrected chi connectivity index (χ2v) is 9.15. The van der Waals surface area contributed by atoms with E-state index in [9.17, 15) is 9.59 Å². The number of rotatable bonds is 4. The Balaban J connectivity index is 1.53. The van der Waals surface area contributed by atoms with Gasteiger partial charge in [-0.2, -0.15) is 0 Å². The molecule has 6 nitrogen and oxygen atoms in total. The van der Waals surface area contributed by atoms with E-state index in [4.69, 9.17) is 10.5 Å². The minimum atomic E-state index is -0.647. The Bertz CT molecular complexity index is 1140. The molecule has 164 valence electrons. The van der Waals surface area contributed by atoms with Crippen molar-refractivity contribution in [1.82, 2.24) is 4.90 Å². The highest BCUT2D eigenvalue weighted by Gasteiger charge is 2.35. The quantitative estimate of drug-likeness (QED) is 0.666. The van der Waals surface area contributed by atoms with Gasteiger partial charge in [-0.3, -0.25) is 9.59 Å². The van der Waals surface area contributed by atoms with E-state index in [1.165, 1.54) is 11.3 Å². The maximum atomic E-state index is 13.7. The third-order valence-corrected chi connectivity index (χ3v) is 7.33. The Morgan fingerprint density at radius 1 is 0.969 bits per heavy atom. The van der Waals surface area contributed by atoms with Crippen molar-refractivity contribution < 1.29 is 14.3 Å². The number of morpholine rings is 1. The molecule has 0 radical (unpaired) electrons. The molecule has 1 aromatic heterocycles. The van der Waals surface area contributed by atoms with Crippen LogP contribution < -0.4 is 10.6 Å². The monoisotopic (exact) mass is 447 g/mol. The van der Waals surface area contributed by atoms with Gasteiger partial charge in [0.1, 0.15) is 6.04 Å². The fourth-order valence-electron chi connectivity index (χ4n) is 4.44. The van der Waals surface area contributed by atoms with Crippen molar-refractivity contribution in [2.75, 3.05) is 31.2 Å². The van der Waals surface area contributed by atoms with E-state index in [0.717, 1.165) is 40.3 Å². The smallest absolute Gasteiger partial charge is 0.265 e. The van der Waals surface area contributed by atoms with Crippen LogP contribution in [0.25, 0.3) is 11.1 Å². The molecule has 0 saturated carbocycles. The van der Waals surface area contributed by atoms with Crippen LogP contribution in [0.4, 0.5) is 5.00 Å². The minimum Gasteiger partial charge on any atom is -0.378 e. The summed E-state index contributed by atoms with van der Waals surface area (Å²) >= 11 is 1.48. The summed E-state index contributed by atoms with van der Waals surface area (Å²) in [5, 5.41) is 1.07. The second kappa shape index (κ2) is 8.76. The summed E-state index contributed by atoms with van der Waals surface area (Å²) in [5.74, 6) is -0.619. The third-order valence-electron chi connectivity index (χ3n) is 6.14. The zero-order valence-electron chi connectivity index (χ0n) is 17.7. The van der Waals surface area contributed by atoms with E-state index in [0.29, 0.717) is 31.1 Å². The number of hydrogen-bond acceptors (Lipinski definition) is 5. The van der Waals surface area contributed by atoms with Gasteiger partial charge in [0.05, 0.1) is 23.1 Å². The lowest BCUT2D eigenvalue weighted by Crippen LogP contribution is -2.51. The van der Waals surface area contributed by atoms with Crippen molar-refractivity contribution >= 4 is 28.2 Å². The van der Waals surface area contributed by atoms with Crippen molar-refractivity contribution in [2.45, 2.75) is 19.0 Å². The van der Waals surface area contributed by atoms with E-state index in [1.807, 2.05) is 48.5 Å². The molecule has 1 fully saturated rings. The van der Waals surface area contributed by atoms with Crippen molar-refractivity contribution in [2.24, 2.45) is 5.73 Å². The molecule has 5 rings (SSSR count). The van der Waals surface area contributed by atoms with Crippen LogP contribution in [0.3, 0.4) is 0 Å². The van der Waals surface area contributed by atoms with Crippen LogP contribution in [-0.2, 0) is 22.5 Å². The molecule has 0 spiro atoms. The third kappa shape index (κ3) is 3.89. The van der Waals surface area contributed by atoms with Crippen molar-refractivity contribution in [3.05, 3.63) is 76.7 Å². The zero-order valence-corrected chi connectivity index (χ0v) is 18.5. The molecular weight excluding hydrogens is 422 g/mol. The van der Waals surface area contributed by atoms with Crippen molar-refractivity contribution in [3.63, 3.8) is 0 Å². The molecule has 3 aromatic rings. The van der Waals surface area contributed by atoms with Gasteiger partial charge >= 0.3 is 0 Å². The van der Waals surface area contributed by atoms with Gasteiger partial charge in [-0.05, 0) is 22.8 Å². The maximum Gasteiger partial charge on any atom is 0.265 e. The van der Waals surface area contributed by atoms with Crippen LogP contribution in [0, 0.1) is 0 Å². The largest absolute Gasteiger partial charge is 0.378 e. The number of anilines is 1. The van der Waals surface area contributed by atoms with E-state index >= 15 is 0 Å². The number of hydrogen-bond donors (Lipinski definition) is 1. The van der Waals surface area contributed by atoms with E-state index in [-0.39, 0.29) is 5.91 Å². The van der Waals surface area contributed by atoms with Gasteiger partial charge in [0.15, 0.2) is 0 Å². The summed E-state index contributed by atoms with van der Waals surface area (Å²) in [5.41, 5.74) is 9.96. The molecule has 3 heterocycles. The molecule has 2 aliphatic heterocycles. The van der Waals surface area contributed by atoms with Crippen LogP contribution in [0.15, 0.2) is 60.7 Å². The van der Waals surface area contributed by atoms with Gasteiger partial charge in [0, 0.05) is 31.6 Å². The Labute approximate surface area is 191 Å². The van der Waals surface area contributed by atoms with E-state index < -0.39 is 11.9 Å². The van der Waals surface area contributed by atoms with Gasteiger partial charge in [-0.1, -0.05) is 54.6 Å². The first-order chi connectivity index (χ1) is 15.6. The standard InChI is InChI=1S/C25H25N3O3S/c26-23(29)21-14-18-8-4-5-9-19(18)16-28(21)24(30)22-15-20(17-6-2-1-3-7-17)25(32-22)27-10-12-31-13-11-27/h1-9,15,21H,10-14,16H2,(H2,26,29)/t21-/m0/s1. The molecule has 2 aliphatic rings. The normalized spacial score (nSPS) is 18.3. The first kappa shape index (κ1) is 20.7. The van der Waals surface area contributed by atoms with Gasteiger partial charge in [0.2, 0.25) is 5.91 Å². The SMILES string of the molecule is NC(=O)[C@@H]1Cc2ccccc2CN1C(=O)c1cc(-c2ccccc2)c(N2CCOCC2)s1. The summed E-state index contributed by atoms with van der Waals surface area (Å²) in [4.78, 5) is 30.5. The fraction of sp³-hybridized carbons (Fsp3) is 0.280. The number of ether oxygens (including phenoxy) is 1. The summed E-state index contributed by atoms with van der Waals surface area (Å²) in [6, 6.07) is 19.3. The van der Waals surface area contributed by atoms with Crippen LogP contribution in [-0.4, -0.2) is 49.1 Å². The number of amides is 2. The Morgan fingerprint density at radius 2 is 1.66 bits per heavy atom. The first-order valence-corrected chi connectivity index (χ1v) is 11.6. The Kier molecular flexibility index (Phi) is 5.68. The molecule has 0 unspecified atom stereocenters. The number of carbonyl (C=O) groups is 2. The Morgan fingerprint density at radius 3 is 2.38 bits per heavy atom. The highest BCUT2D eigenvalue weighted by atomic mass is 32.1. The predicted octanol–water partition coefficient (Wildman–Crippen LogP) is 3.30. The number of primary amides is 1. The van der Waals surface area contributed by atoms with Gasteiger partial charge in [-0.15, -0.1) is 11.3 Å². The molecule has 2 aromatic carbocycles. The summed E-state index contributed by atoms with van der Waals surface area (Å²) < 4.78 is 5.53. The number of nitrogens with two attached hydrogens (primary N) is 1. The molecule has 0 bridgehead atoms. The number of carbonyl (C=O) groups excluding carboxylic acids is 2. The van der Waals surface area contributed by atoms with E-state index in [1.54, 1.807) is 4.90 Å². The zero-order chi connectivity index (χ0) is 22.1. The van der Waals surface area contributed by atoms with Gasteiger partial charge in [-0.25, -0.2) is 0 Å². The summed E-state index contributed by atoms with van der Waals surface area (Å²) in [6.45, 7) is 3.29. The van der Waals surface area contributed by atoms with Gasteiger partial charge in [0.25, 0.3) is 5.91 Å². The molecular formula is C25H25N3O3S. The van der Waals surface area contributed by atoms with E-state index in [2.05, 4.69) is 17.0 Å². The number of nitrogens with zero attached hydrogens (tertiary/aromatic N) is 2. The van der Waals surface area contributed by atoms with Crippen LogP contribution in [0.5, 0.6) is 0 Å². The molecule has 0 aliphatic carbocycles. The number of thiophene rings is 1. The van der Waals surface area contributed by atoms with Crippen LogP contribution >= 0.6 is 11.3 Å². The Hall–Kier alpha value is -3.16. The lowest BCUT2D eigenvalue weighted by atomic mass is 9.93. The fourth-order valence-corrected chi connectivity index (χ4v) is 5.63. The molecule has 32 heavy (non-hydrogen) atoms. The lowest BCUT2D eigenvalue weighted by molar-refractivity contribution is -0.122. The number of fused-ring (bicyclic) bond motifs is 1. The maximum absolute atomic E-state index is 13.7. The average Bonchev–Trinajstić information content (AvgIpc) is 3.29. The second-order valence-electron chi connectivity index (χ2n) is 8.12. The molecule has 2 N–H and O–H groups in total. The average molecular weight is 448 g/mol. The highest BCUT2D eigenvalue weighted by Crippen LogP contribution is 2.40. The van der Waals surface area contributed by atoms with Crippen molar-refractivity contribution in [1.29, 1.82) is 0 Å². The lowest BCUT2D eigenvalue weighted by Gasteiger charge is -2.34. The highest BCUT2D eigenvalue weighted by molar-refractivity contribution is 7.18. The van der Waals surface area contributed by atoms with Gasteiger partial charge < -0.3 is 20.3 Å². The predicted molar refractivity (Wildman–Crippen MR) is 126 cm³/mol. The van der Waals surface area contributed by atoms with Crippen molar-refractivity contribution in [3.8, 4) is 11.1 Å². The molecule has 1 saturated heterocycles. The molecule has 2 amide bonds. The molecule has 7 heteroatoms. The summed E-state index contributed by atoms with van der Waals surface area (Å²) in [6.07, 6.45) is 0.449. The van der Waals surface area contributed by atoms with Crippen LogP contribution in [0.2, 0.25) is 0 Å². The topological polar surface area (TPSA) is 75.9 Å². The summed E-state index contributed by atoms with van der Waals surface area (Å²) in [7, 11) is 0. The first-order valence-electron chi connectivity index (χ1n) is 10.8. The number of benzene rings is 2. The minimum absolute atomic E-state index is 0.148.